The van der Waals surface area contributed by atoms with E-state index in [9.17, 15) is 10.1 Å². The molecule has 0 aromatic carbocycles. The average Bonchev–Trinajstić information content (AvgIpc) is 2.76. The topological polar surface area (TPSA) is 90.2 Å². The van der Waals surface area contributed by atoms with E-state index in [-0.39, 0.29) is 16.7 Å². The minimum Gasteiger partial charge on any atom is -0.348 e. The summed E-state index contributed by atoms with van der Waals surface area (Å²) in [6, 6.07) is 0.276. The van der Waals surface area contributed by atoms with E-state index in [1.807, 2.05) is 6.92 Å². The van der Waals surface area contributed by atoms with Gasteiger partial charge in [0.15, 0.2) is 0 Å². The van der Waals surface area contributed by atoms with Gasteiger partial charge in [0.05, 0.1) is 4.92 Å². The summed E-state index contributed by atoms with van der Waals surface area (Å²) in [6.07, 6.45) is 2.09. The van der Waals surface area contributed by atoms with Crippen LogP contribution in [0.2, 0.25) is 0 Å². The normalized spacial score (nSPS) is 23.1. The summed E-state index contributed by atoms with van der Waals surface area (Å²) in [5.74, 6) is 1.03. The summed E-state index contributed by atoms with van der Waals surface area (Å²) in [7, 11) is 0. The lowest BCUT2D eigenvalue weighted by Crippen LogP contribution is -2.45. The maximum atomic E-state index is 11.4. The van der Waals surface area contributed by atoms with Crippen LogP contribution < -0.4 is 10.6 Å². The molecule has 0 aliphatic carbocycles. The molecule has 2 unspecified atom stereocenters. The Morgan fingerprint density at radius 2 is 2.20 bits per heavy atom. The molecule has 2 atom stereocenters. The summed E-state index contributed by atoms with van der Waals surface area (Å²) in [4.78, 5) is 13.2. The Hall–Kier alpha value is -1.63. The molecule has 0 radical (unpaired) electrons. The van der Waals surface area contributed by atoms with Crippen molar-refractivity contribution in [2.45, 2.75) is 46.2 Å². The van der Waals surface area contributed by atoms with E-state index in [2.05, 4.69) is 16.9 Å². The molecule has 2 N–H and O–H groups in total. The van der Waals surface area contributed by atoms with Crippen molar-refractivity contribution in [2.24, 2.45) is 11.7 Å². The standard InChI is InChI=1S/C13H23N5O2/c1-4-17-13(12(18(19)20)10(3)15-17)16-8-11(7-14)6-5-9(16)2/h9,11H,4-8,14H2,1-3H3. The first-order chi connectivity index (χ1) is 9.49. The van der Waals surface area contributed by atoms with Gasteiger partial charge < -0.3 is 10.6 Å². The van der Waals surface area contributed by atoms with Crippen molar-refractivity contribution < 1.29 is 4.92 Å². The van der Waals surface area contributed by atoms with Crippen LogP contribution in [0.4, 0.5) is 11.5 Å². The molecular formula is C13H23N5O2. The monoisotopic (exact) mass is 281 g/mol. The molecule has 1 fully saturated rings. The number of nitrogens with zero attached hydrogens (tertiary/aromatic N) is 4. The number of hydrogen-bond acceptors (Lipinski definition) is 5. The summed E-state index contributed by atoms with van der Waals surface area (Å²) in [5.41, 5.74) is 6.40. The zero-order chi connectivity index (χ0) is 14.9. The van der Waals surface area contributed by atoms with Gasteiger partial charge in [0, 0.05) is 19.1 Å². The molecule has 0 saturated carbocycles. The molecule has 1 saturated heterocycles. The maximum Gasteiger partial charge on any atom is 0.333 e. The van der Waals surface area contributed by atoms with Gasteiger partial charge in [0.1, 0.15) is 5.69 Å². The summed E-state index contributed by atoms with van der Waals surface area (Å²) >= 11 is 0. The lowest BCUT2D eigenvalue weighted by atomic mass is 9.93. The highest BCUT2D eigenvalue weighted by Crippen LogP contribution is 2.36. The van der Waals surface area contributed by atoms with E-state index in [4.69, 9.17) is 5.73 Å². The van der Waals surface area contributed by atoms with Crippen LogP contribution >= 0.6 is 0 Å². The number of rotatable bonds is 4. The average molecular weight is 281 g/mol. The fourth-order valence-electron chi connectivity index (χ4n) is 2.95. The van der Waals surface area contributed by atoms with E-state index < -0.39 is 0 Å². The first-order valence-corrected chi connectivity index (χ1v) is 7.18. The zero-order valence-electron chi connectivity index (χ0n) is 12.4. The van der Waals surface area contributed by atoms with Gasteiger partial charge in [-0.05, 0) is 46.1 Å². The lowest BCUT2D eigenvalue weighted by Gasteiger charge is -2.38. The molecule has 1 aromatic heterocycles. The highest BCUT2D eigenvalue weighted by molar-refractivity contribution is 5.62. The van der Waals surface area contributed by atoms with Gasteiger partial charge in [-0.15, -0.1) is 0 Å². The molecular weight excluding hydrogens is 258 g/mol. The number of hydrogen-bond donors (Lipinski definition) is 1. The quantitative estimate of drug-likeness (QED) is 0.670. The number of aromatic nitrogens is 2. The van der Waals surface area contributed by atoms with Crippen molar-refractivity contribution in [3.8, 4) is 0 Å². The Kier molecular flexibility index (Phi) is 4.27. The molecule has 1 aromatic rings. The lowest BCUT2D eigenvalue weighted by molar-refractivity contribution is -0.384. The molecule has 2 rings (SSSR count). The molecule has 1 aliphatic heterocycles. The third-order valence-electron chi connectivity index (χ3n) is 4.14. The fraction of sp³-hybridized carbons (Fsp3) is 0.769. The van der Waals surface area contributed by atoms with Crippen LogP contribution in [0.3, 0.4) is 0 Å². The molecule has 112 valence electrons. The third kappa shape index (κ3) is 2.49. The van der Waals surface area contributed by atoms with Crippen LogP contribution in [0, 0.1) is 23.0 Å². The van der Waals surface area contributed by atoms with Crippen LogP contribution in [0.25, 0.3) is 0 Å². The van der Waals surface area contributed by atoms with Crippen molar-refractivity contribution in [3.63, 3.8) is 0 Å². The van der Waals surface area contributed by atoms with Gasteiger partial charge in [-0.25, -0.2) is 4.68 Å². The van der Waals surface area contributed by atoms with Crippen LogP contribution in [-0.2, 0) is 6.54 Å². The van der Waals surface area contributed by atoms with Crippen molar-refractivity contribution in [2.75, 3.05) is 18.0 Å². The van der Waals surface area contributed by atoms with Gasteiger partial charge in [-0.2, -0.15) is 5.10 Å². The van der Waals surface area contributed by atoms with E-state index in [1.54, 1.807) is 11.6 Å². The van der Waals surface area contributed by atoms with Crippen LogP contribution in [0.1, 0.15) is 32.4 Å². The summed E-state index contributed by atoms with van der Waals surface area (Å²) in [5, 5.41) is 15.7. The first-order valence-electron chi connectivity index (χ1n) is 7.18. The summed E-state index contributed by atoms with van der Waals surface area (Å²) in [6.45, 7) is 7.77. The van der Waals surface area contributed by atoms with Crippen LogP contribution in [0.15, 0.2) is 0 Å². The Bertz CT molecular complexity index is 499. The molecule has 7 heteroatoms. The number of nitro groups is 1. The van der Waals surface area contributed by atoms with E-state index >= 15 is 0 Å². The first kappa shape index (κ1) is 14.8. The Balaban J connectivity index is 2.46. The minimum atomic E-state index is -0.317. The second-order valence-corrected chi connectivity index (χ2v) is 5.51. The van der Waals surface area contributed by atoms with Gasteiger partial charge >= 0.3 is 5.69 Å². The smallest absolute Gasteiger partial charge is 0.333 e. The van der Waals surface area contributed by atoms with Crippen molar-refractivity contribution in [1.82, 2.24) is 9.78 Å². The molecule has 7 nitrogen and oxygen atoms in total. The van der Waals surface area contributed by atoms with E-state index in [0.717, 1.165) is 19.4 Å². The molecule has 0 spiro atoms. The zero-order valence-corrected chi connectivity index (χ0v) is 12.4. The Morgan fingerprint density at radius 3 is 2.75 bits per heavy atom. The van der Waals surface area contributed by atoms with Crippen molar-refractivity contribution in [1.29, 1.82) is 0 Å². The van der Waals surface area contributed by atoms with Crippen molar-refractivity contribution >= 4 is 11.5 Å². The highest BCUT2D eigenvalue weighted by Gasteiger charge is 2.34. The molecule has 0 amide bonds. The molecule has 1 aliphatic rings. The van der Waals surface area contributed by atoms with Gasteiger partial charge in [-0.3, -0.25) is 10.1 Å². The largest absolute Gasteiger partial charge is 0.348 e. The third-order valence-corrected chi connectivity index (χ3v) is 4.14. The molecule has 2 heterocycles. The van der Waals surface area contributed by atoms with Gasteiger partial charge in [0.2, 0.25) is 5.82 Å². The van der Waals surface area contributed by atoms with Gasteiger partial charge in [-0.1, -0.05) is 0 Å². The number of piperidine rings is 1. The van der Waals surface area contributed by atoms with Gasteiger partial charge in [0.25, 0.3) is 0 Å². The van der Waals surface area contributed by atoms with E-state index in [0.29, 0.717) is 30.5 Å². The molecule has 0 bridgehead atoms. The molecule has 20 heavy (non-hydrogen) atoms. The fourth-order valence-corrected chi connectivity index (χ4v) is 2.95. The maximum absolute atomic E-state index is 11.4. The SMILES string of the molecule is CCn1nc(C)c([N+](=O)[O-])c1N1CC(CN)CCC1C. The number of nitrogens with two attached hydrogens (primary N) is 1. The number of anilines is 1. The predicted molar refractivity (Wildman–Crippen MR) is 77.9 cm³/mol. The predicted octanol–water partition coefficient (Wildman–Crippen LogP) is 1.68. The number of aryl methyl sites for hydroxylation is 2. The Labute approximate surface area is 118 Å². The van der Waals surface area contributed by atoms with Crippen molar-refractivity contribution in [3.05, 3.63) is 15.8 Å². The Morgan fingerprint density at radius 1 is 1.50 bits per heavy atom. The summed E-state index contributed by atoms with van der Waals surface area (Å²) < 4.78 is 1.74. The highest BCUT2D eigenvalue weighted by atomic mass is 16.6. The second kappa shape index (κ2) is 5.78. The second-order valence-electron chi connectivity index (χ2n) is 5.51. The van der Waals surface area contributed by atoms with E-state index in [1.165, 1.54) is 0 Å². The van der Waals surface area contributed by atoms with Crippen LogP contribution in [0.5, 0.6) is 0 Å². The van der Waals surface area contributed by atoms with Crippen LogP contribution in [-0.4, -0.2) is 33.8 Å². The minimum absolute atomic E-state index is 0.136.